The number of halogens is 1. The standard InChI is InChI=1S/C22H14ClNO2S/c23-17-11-13-18(14-12-17)27-20(15-7-3-1-4-8-15)19-22(25)26-21(24-19)16-9-5-2-6-10-16/h1-14H. The van der Waals surface area contributed by atoms with Crippen molar-refractivity contribution in [3.63, 3.8) is 0 Å². The number of hydrogen-bond donors (Lipinski definition) is 0. The van der Waals surface area contributed by atoms with Gasteiger partial charge in [0.2, 0.25) is 5.90 Å². The number of esters is 1. The second-order valence-electron chi connectivity index (χ2n) is 5.77. The molecule has 132 valence electrons. The normalized spacial score (nSPS) is 15.3. The highest BCUT2D eigenvalue weighted by atomic mass is 35.5. The summed E-state index contributed by atoms with van der Waals surface area (Å²) in [4.78, 5) is 18.8. The van der Waals surface area contributed by atoms with Gasteiger partial charge in [-0.25, -0.2) is 9.79 Å². The lowest BCUT2D eigenvalue weighted by Gasteiger charge is -2.08. The van der Waals surface area contributed by atoms with Gasteiger partial charge >= 0.3 is 5.97 Å². The summed E-state index contributed by atoms with van der Waals surface area (Å²) in [6.07, 6.45) is 0. The highest BCUT2D eigenvalue weighted by molar-refractivity contribution is 8.08. The maximum Gasteiger partial charge on any atom is 0.365 e. The van der Waals surface area contributed by atoms with Crippen LogP contribution in [-0.4, -0.2) is 11.9 Å². The van der Waals surface area contributed by atoms with Crippen LogP contribution in [0.5, 0.6) is 0 Å². The van der Waals surface area contributed by atoms with E-state index < -0.39 is 5.97 Å². The zero-order valence-electron chi connectivity index (χ0n) is 14.1. The molecule has 3 nitrogen and oxygen atoms in total. The second-order valence-corrected chi connectivity index (χ2v) is 7.29. The first-order valence-electron chi connectivity index (χ1n) is 8.30. The fourth-order valence-electron chi connectivity index (χ4n) is 2.61. The van der Waals surface area contributed by atoms with Gasteiger partial charge in [-0.05, 0) is 42.0 Å². The molecular formula is C22H14ClNO2S. The van der Waals surface area contributed by atoms with Crippen LogP contribution < -0.4 is 0 Å². The average Bonchev–Trinajstić information content (AvgIpc) is 3.10. The molecule has 0 saturated heterocycles. The van der Waals surface area contributed by atoms with Gasteiger partial charge in [-0.15, -0.1) is 0 Å². The van der Waals surface area contributed by atoms with Gasteiger partial charge < -0.3 is 4.74 Å². The Bertz CT molecular complexity index is 1030. The SMILES string of the molecule is O=C1OC(c2ccccc2)=NC1=C(Sc1ccc(Cl)cc1)c1ccccc1. The third kappa shape index (κ3) is 3.97. The Labute approximate surface area is 166 Å². The van der Waals surface area contributed by atoms with Crippen LogP contribution in [0.15, 0.2) is 101 Å². The van der Waals surface area contributed by atoms with Crippen LogP contribution in [0.1, 0.15) is 11.1 Å². The Morgan fingerprint density at radius 1 is 0.852 bits per heavy atom. The van der Waals surface area contributed by atoms with Gasteiger partial charge in [-0.2, -0.15) is 0 Å². The van der Waals surface area contributed by atoms with Gasteiger partial charge in [0, 0.05) is 15.5 Å². The summed E-state index contributed by atoms with van der Waals surface area (Å²) < 4.78 is 5.44. The summed E-state index contributed by atoms with van der Waals surface area (Å²) >= 11 is 7.45. The fraction of sp³-hybridized carbons (Fsp3) is 0. The molecule has 0 unspecified atom stereocenters. The molecule has 1 aliphatic rings. The van der Waals surface area contributed by atoms with Crippen LogP contribution >= 0.6 is 23.4 Å². The number of carbonyl (C=O) groups excluding carboxylic acids is 1. The van der Waals surface area contributed by atoms with E-state index in [-0.39, 0.29) is 0 Å². The second kappa shape index (κ2) is 7.82. The van der Waals surface area contributed by atoms with Crippen molar-refractivity contribution in [2.45, 2.75) is 4.90 Å². The molecule has 5 heteroatoms. The first-order valence-corrected chi connectivity index (χ1v) is 9.49. The number of rotatable bonds is 4. The Morgan fingerprint density at radius 2 is 1.48 bits per heavy atom. The lowest BCUT2D eigenvalue weighted by molar-refractivity contribution is -0.129. The molecule has 0 fully saturated rings. The number of ether oxygens (including phenoxy) is 1. The molecule has 0 saturated carbocycles. The van der Waals surface area contributed by atoms with Gasteiger partial charge in [-0.1, -0.05) is 71.9 Å². The molecule has 0 aliphatic carbocycles. The number of benzene rings is 3. The number of cyclic esters (lactones) is 1. The third-order valence-electron chi connectivity index (χ3n) is 3.90. The summed E-state index contributed by atoms with van der Waals surface area (Å²) in [5, 5.41) is 0.665. The molecule has 1 aliphatic heterocycles. The van der Waals surface area contributed by atoms with E-state index in [1.165, 1.54) is 11.8 Å². The number of hydrogen-bond acceptors (Lipinski definition) is 4. The molecule has 0 aromatic heterocycles. The number of aliphatic imine (C=N–C) groups is 1. The van der Waals surface area contributed by atoms with E-state index in [9.17, 15) is 4.79 Å². The first-order chi connectivity index (χ1) is 13.2. The molecule has 3 aromatic carbocycles. The molecular weight excluding hydrogens is 378 g/mol. The van der Waals surface area contributed by atoms with Crippen LogP contribution in [-0.2, 0) is 9.53 Å². The topological polar surface area (TPSA) is 38.7 Å². The maximum absolute atomic E-state index is 12.6. The van der Waals surface area contributed by atoms with E-state index in [0.29, 0.717) is 16.6 Å². The first kappa shape index (κ1) is 17.6. The number of thioether (sulfide) groups is 1. The van der Waals surface area contributed by atoms with Gasteiger partial charge in [-0.3, -0.25) is 0 Å². The largest absolute Gasteiger partial charge is 0.402 e. The van der Waals surface area contributed by atoms with E-state index in [4.69, 9.17) is 16.3 Å². The molecule has 0 atom stereocenters. The van der Waals surface area contributed by atoms with Crippen LogP contribution in [0.4, 0.5) is 0 Å². The van der Waals surface area contributed by atoms with Crippen molar-refractivity contribution in [3.8, 4) is 0 Å². The molecule has 0 radical (unpaired) electrons. The highest BCUT2D eigenvalue weighted by Crippen LogP contribution is 2.39. The summed E-state index contributed by atoms with van der Waals surface area (Å²) in [5.74, 6) is -0.130. The summed E-state index contributed by atoms with van der Waals surface area (Å²) in [6.45, 7) is 0. The van der Waals surface area contributed by atoms with Crippen LogP contribution in [0, 0.1) is 0 Å². The molecule has 0 bridgehead atoms. The summed E-state index contributed by atoms with van der Waals surface area (Å²) in [5.41, 5.74) is 1.98. The minimum atomic E-state index is -0.450. The number of carbonyl (C=O) groups is 1. The van der Waals surface area contributed by atoms with E-state index in [1.807, 2.05) is 84.9 Å². The molecule has 0 spiro atoms. The van der Waals surface area contributed by atoms with Gasteiger partial charge in [0.25, 0.3) is 0 Å². The lowest BCUT2D eigenvalue weighted by atomic mass is 10.2. The van der Waals surface area contributed by atoms with Crippen LogP contribution in [0.3, 0.4) is 0 Å². The predicted molar refractivity (Wildman–Crippen MR) is 110 cm³/mol. The average molecular weight is 392 g/mol. The zero-order chi connectivity index (χ0) is 18.6. The summed E-state index contributed by atoms with van der Waals surface area (Å²) in [6, 6.07) is 26.6. The van der Waals surface area contributed by atoms with Crippen molar-refractivity contribution in [2.24, 2.45) is 4.99 Å². The van der Waals surface area contributed by atoms with Crippen molar-refractivity contribution in [1.29, 1.82) is 0 Å². The van der Waals surface area contributed by atoms with E-state index in [1.54, 1.807) is 0 Å². The molecule has 0 amide bonds. The fourth-order valence-corrected chi connectivity index (χ4v) is 3.72. The Hall–Kier alpha value is -2.82. The van der Waals surface area contributed by atoms with Gasteiger partial charge in [0.15, 0.2) is 5.70 Å². The van der Waals surface area contributed by atoms with Crippen molar-refractivity contribution in [1.82, 2.24) is 0 Å². The molecule has 1 heterocycles. The Kier molecular flexibility index (Phi) is 5.10. The maximum atomic E-state index is 12.6. The van der Waals surface area contributed by atoms with E-state index in [2.05, 4.69) is 4.99 Å². The van der Waals surface area contributed by atoms with E-state index in [0.717, 1.165) is 20.9 Å². The minimum Gasteiger partial charge on any atom is -0.402 e. The molecule has 27 heavy (non-hydrogen) atoms. The summed E-state index contributed by atoms with van der Waals surface area (Å²) in [7, 11) is 0. The van der Waals surface area contributed by atoms with Crippen molar-refractivity contribution in [3.05, 3.63) is 107 Å². The lowest BCUT2D eigenvalue weighted by Crippen LogP contribution is -2.05. The zero-order valence-corrected chi connectivity index (χ0v) is 15.7. The molecule has 4 rings (SSSR count). The Balaban J connectivity index is 1.80. The molecule has 0 N–H and O–H groups in total. The van der Waals surface area contributed by atoms with Crippen LogP contribution in [0.2, 0.25) is 5.02 Å². The van der Waals surface area contributed by atoms with Crippen molar-refractivity contribution in [2.75, 3.05) is 0 Å². The molecule has 3 aromatic rings. The van der Waals surface area contributed by atoms with Gasteiger partial charge in [0.1, 0.15) is 0 Å². The third-order valence-corrected chi connectivity index (χ3v) is 5.29. The Morgan fingerprint density at radius 3 is 2.15 bits per heavy atom. The highest BCUT2D eigenvalue weighted by Gasteiger charge is 2.28. The van der Waals surface area contributed by atoms with Crippen molar-refractivity contribution < 1.29 is 9.53 Å². The quantitative estimate of drug-likeness (QED) is 0.320. The minimum absolute atomic E-state index is 0.306. The van der Waals surface area contributed by atoms with Crippen molar-refractivity contribution >= 4 is 40.1 Å². The predicted octanol–water partition coefficient (Wildman–Crippen LogP) is 5.80. The van der Waals surface area contributed by atoms with E-state index >= 15 is 0 Å². The monoisotopic (exact) mass is 391 g/mol. The van der Waals surface area contributed by atoms with Crippen LogP contribution in [0.25, 0.3) is 4.91 Å². The van der Waals surface area contributed by atoms with Gasteiger partial charge in [0.05, 0.1) is 4.91 Å². The number of nitrogens with zero attached hydrogens (tertiary/aromatic N) is 1. The smallest absolute Gasteiger partial charge is 0.365 e.